The predicted molar refractivity (Wildman–Crippen MR) is 64.5 cm³/mol. The Kier molecular flexibility index (Phi) is 3.78. The number of piperazine rings is 1. The Morgan fingerprint density at radius 3 is 3.00 bits per heavy atom. The molecule has 0 aromatic carbocycles. The van der Waals surface area contributed by atoms with Crippen LogP contribution < -0.4 is 5.32 Å². The maximum atomic E-state index is 12.1. The van der Waals surface area contributed by atoms with Crippen molar-refractivity contribution in [2.75, 3.05) is 26.2 Å². The lowest BCUT2D eigenvalue weighted by atomic mass is 10.2. The highest BCUT2D eigenvalue weighted by Crippen LogP contribution is 2.05. The van der Waals surface area contributed by atoms with Crippen LogP contribution in [0.4, 0.5) is 0 Å². The standard InChI is InChI=1S/C12H16N4O/c1-2-3-6-16-10-11(9-14-16)12(17)15-7-4-13-5-8-15/h9-10,13H,4-8H2,1H3. The zero-order chi connectivity index (χ0) is 12.1. The average molecular weight is 232 g/mol. The second-order valence-corrected chi connectivity index (χ2v) is 3.90. The number of hydrogen-bond acceptors (Lipinski definition) is 3. The molecule has 1 aromatic heterocycles. The number of carbonyl (C=O) groups excluding carboxylic acids is 1. The molecular weight excluding hydrogens is 216 g/mol. The van der Waals surface area contributed by atoms with Crippen LogP contribution in [0.25, 0.3) is 0 Å². The van der Waals surface area contributed by atoms with Crippen LogP contribution in [-0.4, -0.2) is 46.8 Å². The van der Waals surface area contributed by atoms with E-state index in [0.29, 0.717) is 12.1 Å². The third-order valence-electron chi connectivity index (χ3n) is 2.70. The van der Waals surface area contributed by atoms with E-state index < -0.39 is 0 Å². The molecule has 0 radical (unpaired) electrons. The molecule has 1 saturated heterocycles. The number of nitrogens with one attached hydrogen (secondary N) is 1. The first-order chi connectivity index (χ1) is 8.31. The molecule has 5 heteroatoms. The van der Waals surface area contributed by atoms with Gasteiger partial charge in [0.1, 0.15) is 6.54 Å². The summed E-state index contributed by atoms with van der Waals surface area (Å²) in [7, 11) is 0. The highest BCUT2D eigenvalue weighted by Gasteiger charge is 2.18. The highest BCUT2D eigenvalue weighted by atomic mass is 16.2. The zero-order valence-electron chi connectivity index (χ0n) is 9.94. The summed E-state index contributed by atoms with van der Waals surface area (Å²) in [6.07, 6.45) is 3.37. The fraction of sp³-hybridized carbons (Fsp3) is 0.500. The van der Waals surface area contributed by atoms with Gasteiger partial charge in [-0.15, -0.1) is 5.92 Å². The lowest BCUT2D eigenvalue weighted by Gasteiger charge is -2.26. The number of amides is 1. The summed E-state index contributed by atoms with van der Waals surface area (Å²) in [5, 5.41) is 7.34. The molecule has 1 aliphatic rings. The zero-order valence-corrected chi connectivity index (χ0v) is 9.94. The van der Waals surface area contributed by atoms with Crippen molar-refractivity contribution in [3.63, 3.8) is 0 Å². The van der Waals surface area contributed by atoms with Gasteiger partial charge in [-0.3, -0.25) is 9.48 Å². The molecule has 0 unspecified atom stereocenters. The van der Waals surface area contributed by atoms with Crippen molar-refractivity contribution in [3.05, 3.63) is 18.0 Å². The summed E-state index contributed by atoms with van der Waals surface area (Å²) in [5.74, 6) is 5.77. The summed E-state index contributed by atoms with van der Waals surface area (Å²) in [6, 6.07) is 0. The quantitative estimate of drug-likeness (QED) is 0.727. The number of hydrogen-bond donors (Lipinski definition) is 1. The Hall–Kier alpha value is -1.80. The number of carbonyl (C=O) groups is 1. The van der Waals surface area contributed by atoms with E-state index in [2.05, 4.69) is 22.3 Å². The Morgan fingerprint density at radius 2 is 2.29 bits per heavy atom. The van der Waals surface area contributed by atoms with Crippen molar-refractivity contribution < 1.29 is 4.79 Å². The van der Waals surface area contributed by atoms with Crippen LogP contribution in [0, 0.1) is 11.8 Å². The van der Waals surface area contributed by atoms with E-state index in [0.717, 1.165) is 26.2 Å². The van der Waals surface area contributed by atoms with Gasteiger partial charge in [0.2, 0.25) is 0 Å². The van der Waals surface area contributed by atoms with Gasteiger partial charge in [-0.05, 0) is 6.92 Å². The third-order valence-corrected chi connectivity index (χ3v) is 2.70. The molecule has 1 N–H and O–H groups in total. The molecule has 1 aromatic rings. The Balaban J connectivity index is 2.02. The van der Waals surface area contributed by atoms with Gasteiger partial charge < -0.3 is 10.2 Å². The molecule has 0 aliphatic carbocycles. The molecular formula is C12H16N4O. The van der Waals surface area contributed by atoms with Crippen LogP contribution in [-0.2, 0) is 6.54 Å². The highest BCUT2D eigenvalue weighted by molar-refractivity contribution is 5.93. The maximum Gasteiger partial charge on any atom is 0.257 e. The first kappa shape index (κ1) is 11.7. The van der Waals surface area contributed by atoms with Crippen molar-refractivity contribution >= 4 is 5.91 Å². The molecule has 17 heavy (non-hydrogen) atoms. The first-order valence-electron chi connectivity index (χ1n) is 5.73. The molecule has 1 aliphatic heterocycles. The fourth-order valence-corrected chi connectivity index (χ4v) is 1.77. The largest absolute Gasteiger partial charge is 0.336 e. The van der Waals surface area contributed by atoms with E-state index in [1.807, 2.05) is 4.90 Å². The summed E-state index contributed by atoms with van der Waals surface area (Å²) >= 11 is 0. The Bertz CT molecular complexity index is 449. The second kappa shape index (κ2) is 5.51. The normalized spacial score (nSPS) is 15.2. The van der Waals surface area contributed by atoms with Gasteiger partial charge in [-0.25, -0.2) is 0 Å². The van der Waals surface area contributed by atoms with Crippen LogP contribution >= 0.6 is 0 Å². The smallest absolute Gasteiger partial charge is 0.257 e. The topological polar surface area (TPSA) is 50.2 Å². The van der Waals surface area contributed by atoms with Crippen LogP contribution in [0.2, 0.25) is 0 Å². The van der Waals surface area contributed by atoms with E-state index in [-0.39, 0.29) is 5.91 Å². The lowest BCUT2D eigenvalue weighted by molar-refractivity contribution is 0.0735. The Labute approximate surface area is 101 Å². The second-order valence-electron chi connectivity index (χ2n) is 3.90. The molecule has 0 spiro atoms. The third kappa shape index (κ3) is 2.86. The predicted octanol–water partition coefficient (Wildman–Crippen LogP) is -0.0482. The van der Waals surface area contributed by atoms with Crippen molar-refractivity contribution in [1.29, 1.82) is 0 Å². The molecule has 0 saturated carbocycles. The first-order valence-corrected chi connectivity index (χ1v) is 5.73. The van der Waals surface area contributed by atoms with Crippen LogP contribution in [0.3, 0.4) is 0 Å². The maximum absolute atomic E-state index is 12.1. The van der Waals surface area contributed by atoms with Gasteiger partial charge in [0.15, 0.2) is 0 Å². The molecule has 1 fully saturated rings. The van der Waals surface area contributed by atoms with E-state index in [1.165, 1.54) is 0 Å². The Morgan fingerprint density at radius 1 is 1.53 bits per heavy atom. The van der Waals surface area contributed by atoms with Gasteiger partial charge in [0.05, 0.1) is 11.8 Å². The molecule has 2 rings (SSSR count). The SMILES string of the molecule is CC#CCn1cc(C(=O)N2CCNCC2)cn1. The average Bonchev–Trinajstić information content (AvgIpc) is 2.85. The molecule has 0 bridgehead atoms. The monoisotopic (exact) mass is 232 g/mol. The van der Waals surface area contributed by atoms with Crippen molar-refractivity contribution in [2.24, 2.45) is 0 Å². The fourth-order valence-electron chi connectivity index (χ4n) is 1.77. The molecule has 5 nitrogen and oxygen atoms in total. The summed E-state index contributed by atoms with van der Waals surface area (Å²) < 4.78 is 1.69. The lowest BCUT2D eigenvalue weighted by Crippen LogP contribution is -2.46. The molecule has 1 amide bonds. The minimum absolute atomic E-state index is 0.0576. The molecule has 90 valence electrons. The van der Waals surface area contributed by atoms with E-state index in [4.69, 9.17) is 0 Å². The van der Waals surface area contributed by atoms with Gasteiger partial charge in [0, 0.05) is 32.4 Å². The number of rotatable bonds is 2. The van der Waals surface area contributed by atoms with Gasteiger partial charge in [-0.1, -0.05) is 5.92 Å². The van der Waals surface area contributed by atoms with E-state index >= 15 is 0 Å². The van der Waals surface area contributed by atoms with Gasteiger partial charge in [-0.2, -0.15) is 5.10 Å². The summed E-state index contributed by atoms with van der Waals surface area (Å²) in [6.45, 7) is 5.57. The van der Waals surface area contributed by atoms with Crippen LogP contribution in [0.5, 0.6) is 0 Å². The molecule has 2 heterocycles. The van der Waals surface area contributed by atoms with Gasteiger partial charge in [0.25, 0.3) is 5.91 Å². The van der Waals surface area contributed by atoms with Crippen molar-refractivity contribution in [3.8, 4) is 11.8 Å². The van der Waals surface area contributed by atoms with E-state index in [1.54, 1.807) is 24.0 Å². The van der Waals surface area contributed by atoms with Crippen LogP contribution in [0.1, 0.15) is 17.3 Å². The summed E-state index contributed by atoms with van der Waals surface area (Å²) in [5.41, 5.74) is 0.643. The summed E-state index contributed by atoms with van der Waals surface area (Å²) in [4.78, 5) is 13.9. The van der Waals surface area contributed by atoms with Crippen LogP contribution in [0.15, 0.2) is 12.4 Å². The minimum atomic E-state index is 0.0576. The number of nitrogens with zero attached hydrogens (tertiary/aromatic N) is 3. The molecule has 0 atom stereocenters. The number of aromatic nitrogens is 2. The van der Waals surface area contributed by atoms with Crippen molar-refractivity contribution in [1.82, 2.24) is 20.0 Å². The van der Waals surface area contributed by atoms with E-state index in [9.17, 15) is 4.79 Å². The minimum Gasteiger partial charge on any atom is -0.336 e. The van der Waals surface area contributed by atoms with Crippen molar-refractivity contribution in [2.45, 2.75) is 13.5 Å². The van der Waals surface area contributed by atoms with Gasteiger partial charge >= 0.3 is 0 Å².